The van der Waals surface area contributed by atoms with Gasteiger partial charge in [-0.2, -0.15) is 0 Å². The predicted molar refractivity (Wildman–Crippen MR) is 56.3 cm³/mol. The summed E-state index contributed by atoms with van der Waals surface area (Å²) in [5.74, 6) is 0.142. The maximum Gasteiger partial charge on any atom is 0.176 e. The minimum absolute atomic E-state index is 0.0169. The first-order valence-corrected chi connectivity index (χ1v) is 4.58. The van der Waals surface area contributed by atoms with Crippen molar-refractivity contribution < 1.29 is 9.90 Å². The molecule has 2 rings (SSSR count). The molecule has 1 heterocycles. The second-order valence-corrected chi connectivity index (χ2v) is 3.25. The second-order valence-electron chi connectivity index (χ2n) is 3.25. The molecule has 0 aliphatic heterocycles. The molecule has 1 radical (unpaired) electrons. The molecule has 0 spiro atoms. The first kappa shape index (κ1) is 9.52. The molecule has 0 saturated heterocycles. The van der Waals surface area contributed by atoms with E-state index in [1.165, 1.54) is 6.92 Å². The van der Waals surface area contributed by atoms with Gasteiger partial charge >= 0.3 is 0 Å². The average Bonchev–Trinajstić information content (AvgIpc) is 2.65. The van der Waals surface area contributed by atoms with Crippen LogP contribution < -0.4 is 0 Å². The first-order chi connectivity index (χ1) is 7.18. The summed E-state index contributed by atoms with van der Waals surface area (Å²) >= 11 is 0. The highest BCUT2D eigenvalue weighted by Gasteiger charge is 2.07. The minimum Gasteiger partial charge on any atom is -0.508 e. The summed E-state index contributed by atoms with van der Waals surface area (Å²) in [7, 11) is 0. The number of hydrogen-bond donors (Lipinski definition) is 1. The zero-order valence-corrected chi connectivity index (χ0v) is 8.27. The molecule has 0 fully saturated rings. The Morgan fingerprint density at radius 2 is 2.27 bits per heavy atom. The van der Waals surface area contributed by atoms with E-state index in [0.29, 0.717) is 11.4 Å². The third kappa shape index (κ3) is 1.76. The van der Waals surface area contributed by atoms with Crippen molar-refractivity contribution in [1.29, 1.82) is 0 Å². The molecule has 0 unspecified atom stereocenters. The van der Waals surface area contributed by atoms with E-state index >= 15 is 0 Å². The lowest BCUT2D eigenvalue weighted by Gasteiger charge is -2.06. The van der Waals surface area contributed by atoms with E-state index in [-0.39, 0.29) is 11.5 Å². The molecule has 1 N–H and O–H groups in total. The van der Waals surface area contributed by atoms with Crippen LogP contribution in [0.3, 0.4) is 0 Å². The average molecular weight is 200 g/mol. The molecule has 0 saturated carbocycles. The molecule has 0 bridgehead atoms. The van der Waals surface area contributed by atoms with Crippen molar-refractivity contribution in [2.75, 3.05) is 0 Å². The zero-order valence-electron chi connectivity index (χ0n) is 8.27. The summed E-state index contributed by atoms with van der Waals surface area (Å²) in [6, 6.07) is 11.2. The molecular formula is C12H10NO2. The van der Waals surface area contributed by atoms with Gasteiger partial charge in [-0.05, 0) is 24.3 Å². The molecule has 0 aliphatic carbocycles. The van der Waals surface area contributed by atoms with Crippen molar-refractivity contribution in [3.05, 3.63) is 48.3 Å². The van der Waals surface area contributed by atoms with E-state index in [1.807, 2.05) is 0 Å². The summed E-state index contributed by atoms with van der Waals surface area (Å²) < 4.78 is 1.70. The van der Waals surface area contributed by atoms with E-state index in [9.17, 15) is 9.90 Å². The maximum atomic E-state index is 11.3. The summed E-state index contributed by atoms with van der Waals surface area (Å²) in [4.78, 5) is 11.3. The molecule has 2 aromatic rings. The summed E-state index contributed by atoms with van der Waals surface area (Å²) in [6.45, 7) is 1.51. The van der Waals surface area contributed by atoms with Gasteiger partial charge in [0.1, 0.15) is 5.75 Å². The minimum atomic E-state index is -0.0169. The number of carbonyl (C=O) groups is 1. The van der Waals surface area contributed by atoms with Gasteiger partial charge in [0, 0.05) is 25.3 Å². The largest absolute Gasteiger partial charge is 0.508 e. The quantitative estimate of drug-likeness (QED) is 0.755. The maximum absolute atomic E-state index is 11.3. The van der Waals surface area contributed by atoms with E-state index in [0.717, 1.165) is 0 Å². The van der Waals surface area contributed by atoms with Crippen LogP contribution in [-0.4, -0.2) is 15.5 Å². The van der Waals surface area contributed by atoms with Gasteiger partial charge in [-0.25, -0.2) is 0 Å². The van der Waals surface area contributed by atoms with Crippen LogP contribution in [0.25, 0.3) is 5.69 Å². The number of phenols is 1. The number of Topliss-reactive ketones (excluding diaryl/α,β-unsaturated/α-hetero) is 1. The van der Waals surface area contributed by atoms with Crippen LogP contribution in [0, 0.1) is 6.07 Å². The fourth-order valence-electron chi connectivity index (χ4n) is 1.46. The third-order valence-electron chi connectivity index (χ3n) is 2.14. The fraction of sp³-hybridized carbons (Fsp3) is 0.0833. The molecule has 1 aromatic carbocycles. The van der Waals surface area contributed by atoms with Crippen molar-refractivity contribution in [1.82, 2.24) is 4.57 Å². The predicted octanol–water partition coefficient (Wildman–Crippen LogP) is 2.19. The summed E-state index contributed by atoms with van der Waals surface area (Å²) in [6.07, 6.45) is 1.77. The Kier molecular flexibility index (Phi) is 2.29. The monoisotopic (exact) mass is 200 g/mol. The molecule has 15 heavy (non-hydrogen) atoms. The number of ketones is 1. The smallest absolute Gasteiger partial charge is 0.176 e. The van der Waals surface area contributed by atoms with E-state index in [2.05, 4.69) is 6.07 Å². The Morgan fingerprint density at radius 1 is 1.47 bits per heavy atom. The standard InChI is InChI=1S/C12H10NO2/c1-9(14)12-6-3-7-13(12)10-4-2-5-11(15)8-10/h2-3,5-8,15H,1H3. The molecule has 3 nitrogen and oxygen atoms in total. The van der Waals surface area contributed by atoms with Gasteiger partial charge in [-0.1, -0.05) is 0 Å². The molecule has 3 heteroatoms. The Bertz CT molecular complexity index is 500. The number of nitrogens with zero attached hydrogens (tertiary/aromatic N) is 1. The van der Waals surface area contributed by atoms with Gasteiger partial charge in [-0.3, -0.25) is 4.79 Å². The van der Waals surface area contributed by atoms with Gasteiger partial charge in [0.15, 0.2) is 5.78 Å². The van der Waals surface area contributed by atoms with Gasteiger partial charge in [0.05, 0.1) is 11.4 Å². The molecule has 1 aromatic heterocycles. The second kappa shape index (κ2) is 3.61. The zero-order chi connectivity index (χ0) is 10.8. The van der Waals surface area contributed by atoms with Crippen LogP contribution in [0.15, 0.2) is 36.5 Å². The van der Waals surface area contributed by atoms with Gasteiger partial charge in [-0.15, -0.1) is 0 Å². The Hall–Kier alpha value is -2.03. The lowest BCUT2D eigenvalue weighted by Crippen LogP contribution is -2.03. The van der Waals surface area contributed by atoms with Crippen LogP contribution in [0.5, 0.6) is 5.75 Å². The number of benzene rings is 1. The number of hydrogen-bond acceptors (Lipinski definition) is 2. The highest BCUT2D eigenvalue weighted by Crippen LogP contribution is 2.17. The lowest BCUT2D eigenvalue weighted by atomic mass is 10.2. The van der Waals surface area contributed by atoms with E-state index in [1.54, 1.807) is 41.1 Å². The Balaban J connectivity index is 2.54. The third-order valence-corrected chi connectivity index (χ3v) is 2.14. The molecule has 0 aliphatic rings. The topological polar surface area (TPSA) is 42.2 Å². The SMILES string of the molecule is CC(=O)c1cccn1-c1[c]ccc(O)c1. The lowest BCUT2D eigenvalue weighted by molar-refractivity contribution is 0.101. The fourth-order valence-corrected chi connectivity index (χ4v) is 1.46. The molecule has 0 amide bonds. The van der Waals surface area contributed by atoms with Crippen molar-refractivity contribution in [2.45, 2.75) is 6.92 Å². The van der Waals surface area contributed by atoms with Crippen LogP contribution in [0.2, 0.25) is 0 Å². The first-order valence-electron chi connectivity index (χ1n) is 4.58. The number of rotatable bonds is 2. The van der Waals surface area contributed by atoms with Crippen LogP contribution in [0.4, 0.5) is 0 Å². The highest BCUT2D eigenvalue weighted by atomic mass is 16.3. The van der Waals surface area contributed by atoms with Crippen molar-refractivity contribution >= 4 is 5.78 Å². The van der Waals surface area contributed by atoms with Crippen LogP contribution >= 0.6 is 0 Å². The normalized spacial score (nSPS) is 10.2. The molecular weight excluding hydrogens is 190 g/mol. The summed E-state index contributed by atoms with van der Waals surface area (Å²) in [5, 5.41) is 9.32. The number of aromatic hydroxyl groups is 1. The molecule has 0 atom stereocenters. The van der Waals surface area contributed by atoms with Crippen LogP contribution in [-0.2, 0) is 0 Å². The van der Waals surface area contributed by atoms with Crippen LogP contribution in [0.1, 0.15) is 17.4 Å². The van der Waals surface area contributed by atoms with Gasteiger partial charge in [0.25, 0.3) is 0 Å². The number of carbonyl (C=O) groups excluding carboxylic acids is 1. The number of phenolic OH excluding ortho intramolecular Hbond substituents is 1. The van der Waals surface area contributed by atoms with Gasteiger partial charge in [0.2, 0.25) is 0 Å². The Labute approximate surface area is 87.6 Å². The van der Waals surface area contributed by atoms with E-state index < -0.39 is 0 Å². The van der Waals surface area contributed by atoms with Crippen molar-refractivity contribution in [3.63, 3.8) is 0 Å². The number of aromatic nitrogens is 1. The molecule has 75 valence electrons. The Morgan fingerprint density at radius 3 is 2.93 bits per heavy atom. The van der Waals surface area contributed by atoms with Crippen molar-refractivity contribution in [3.8, 4) is 11.4 Å². The highest BCUT2D eigenvalue weighted by molar-refractivity contribution is 5.93. The van der Waals surface area contributed by atoms with Gasteiger partial charge < -0.3 is 9.67 Å². The van der Waals surface area contributed by atoms with E-state index in [4.69, 9.17) is 0 Å². The van der Waals surface area contributed by atoms with Crippen molar-refractivity contribution in [2.24, 2.45) is 0 Å². The summed E-state index contributed by atoms with van der Waals surface area (Å²) in [5.41, 5.74) is 1.24.